The third-order valence-electron chi connectivity index (χ3n) is 4.23. The number of allylic oxidation sites excluding steroid dienone is 3. The quantitative estimate of drug-likeness (QED) is 0.506. The Morgan fingerprint density at radius 1 is 1.35 bits per heavy atom. The number of thiocarbonyl (C=S) groups is 1. The first-order valence-electron chi connectivity index (χ1n) is 7.87. The highest BCUT2D eigenvalue weighted by Crippen LogP contribution is 2.24. The molecule has 0 fully saturated rings. The van der Waals surface area contributed by atoms with Gasteiger partial charge in [0.1, 0.15) is 5.84 Å². The van der Waals surface area contributed by atoms with Gasteiger partial charge < -0.3 is 10.8 Å². The van der Waals surface area contributed by atoms with Gasteiger partial charge in [0, 0.05) is 36.5 Å². The van der Waals surface area contributed by atoms with E-state index in [9.17, 15) is 0 Å². The summed E-state index contributed by atoms with van der Waals surface area (Å²) in [6.45, 7) is 2.75. The third kappa shape index (κ3) is 3.75. The predicted molar refractivity (Wildman–Crippen MR) is 98.2 cm³/mol. The Hall–Kier alpha value is -1.82. The van der Waals surface area contributed by atoms with E-state index in [0.717, 1.165) is 42.1 Å². The van der Waals surface area contributed by atoms with Crippen LogP contribution in [-0.4, -0.2) is 40.4 Å². The lowest BCUT2D eigenvalue weighted by atomic mass is 9.99. The number of aliphatic imine (C=N–C) groups is 1. The molecule has 0 radical (unpaired) electrons. The van der Waals surface area contributed by atoms with Crippen LogP contribution in [-0.2, 0) is 13.0 Å². The number of benzene rings is 1. The van der Waals surface area contributed by atoms with Gasteiger partial charge in [0.15, 0.2) is 0 Å². The second-order valence-corrected chi connectivity index (χ2v) is 6.33. The number of nitrogens with zero attached hydrogens (tertiary/aromatic N) is 2. The summed E-state index contributed by atoms with van der Waals surface area (Å²) in [5, 5.41) is 9.11. The van der Waals surface area contributed by atoms with Crippen LogP contribution in [0.3, 0.4) is 0 Å². The van der Waals surface area contributed by atoms with E-state index in [-0.39, 0.29) is 6.61 Å². The first kappa shape index (κ1) is 16.1. The number of nitrogens with two attached hydrogens (primary N) is 1. The Morgan fingerprint density at radius 2 is 2.22 bits per heavy atom. The lowest BCUT2D eigenvalue weighted by Gasteiger charge is -2.28. The van der Waals surface area contributed by atoms with E-state index in [4.69, 9.17) is 23.1 Å². The van der Waals surface area contributed by atoms with Gasteiger partial charge in [0.05, 0.1) is 12.3 Å². The summed E-state index contributed by atoms with van der Waals surface area (Å²) in [6.07, 6.45) is 7.67. The predicted octanol–water partition coefficient (Wildman–Crippen LogP) is 2.28. The minimum absolute atomic E-state index is 0.194. The summed E-state index contributed by atoms with van der Waals surface area (Å²) in [7, 11) is 0. The van der Waals surface area contributed by atoms with Gasteiger partial charge in [-0.25, -0.2) is 4.99 Å². The first-order chi connectivity index (χ1) is 11.2. The van der Waals surface area contributed by atoms with Crippen molar-refractivity contribution in [3.8, 4) is 0 Å². The molecule has 3 N–H and O–H groups in total. The van der Waals surface area contributed by atoms with Crippen LogP contribution in [0.1, 0.15) is 17.5 Å². The van der Waals surface area contributed by atoms with E-state index in [2.05, 4.69) is 22.0 Å². The van der Waals surface area contributed by atoms with Gasteiger partial charge in [-0.15, -0.1) is 0 Å². The number of β-amino-alcohol motifs (C(OH)–C–C–N with tert-alkyl or cyclic N) is 1. The molecule has 5 heteroatoms. The first-order valence-corrected chi connectivity index (χ1v) is 8.28. The molecule has 0 aromatic heterocycles. The maximum Gasteiger partial charge on any atom is 0.132 e. The highest BCUT2D eigenvalue weighted by atomic mass is 32.1. The highest BCUT2D eigenvalue weighted by molar-refractivity contribution is 7.81. The zero-order chi connectivity index (χ0) is 16.2. The third-order valence-corrected chi connectivity index (χ3v) is 4.61. The van der Waals surface area contributed by atoms with Crippen molar-refractivity contribution in [1.82, 2.24) is 4.90 Å². The van der Waals surface area contributed by atoms with Crippen LogP contribution in [0.4, 0.5) is 5.69 Å². The standard InChI is InChI=1S/C18H21N3OS/c19-18(16-3-1-2-4-17(16)23)20-15-6-5-13-7-8-21(9-10-22)12-14(13)11-15/h1-3,5-6,11,22H,4,7-10,12H2,(H2,19,20). The van der Waals surface area contributed by atoms with Gasteiger partial charge in [0.25, 0.3) is 0 Å². The van der Waals surface area contributed by atoms with Crippen molar-refractivity contribution in [2.24, 2.45) is 10.7 Å². The van der Waals surface area contributed by atoms with Gasteiger partial charge in [-0.1, -0.05) is 36.5 Å². The Bertz CT molecular complexity index is 706. The molecular weight excluding hydrogens is 306 g/mol. The topological polar surface area (TPSA) is 61.8 Å². The molecule has 1 heterocycles. The lowest BCUT2D eigenvalue weighted by Crippen LogP contribution is -2.32. The molecule has 1 aromatic rings. The lowest BCUT2D eigenvalue weighted by molar-refractivity contribution is 0.184. The number of aliphatic hydroxyl groups excluding tert-OH is 1. The number of aliphatic hydroxyl groups is 1. The van der Waals surface area contributed by atoms with Crippen molar-refractivity contribution in [1.29, 1.82) is 0 Å². The maximum absolute atomic E-state index is 9.11. The van der Waals surface area contributed by atoms with Crippen molar-refractivity contribution in [2.45, 2.75) is 19.4 Å². The monoisotopic (exact) mass is 327 g/mol. The largest absolute Gasteiger partial charge is 0.395 e. The minimum atomic E-state index is 0.194. The number of amidine groups is 1. The second kappa shape index (κ2) is 7.17. The van der Waals surface area contributed by atoms with E-state index < -0.39 is 0 Å². The number of rotatable bonds is 4. The van der Waals surface area contributed by atoms with Crippen molar-refractivity contribution < 1.29 is 5.11 Å². The van der Waals surface area contributed by atoms with Crippen molar-refractivity contribution >= 4 is 28.6 Å². The molecule has 0 atom stereocenters. The highest BCUT2D eigenvalue weighted by Gasteiger charge is 2.16. The fourth-order valence-electron chi connectivity index (χ4n) is 2.97. The van der Waals surface area contributed by atoms with E-state index >= 15 is 0 Å². The van der Waals surface area contributed by atoms with Crippen molar-refractivity contribution in [3.63, 3.8) is 0 Å². The Kier molecular flexibility index (Phi) is 5.00. The molecule has 0 bridgehead atoms. The van der Waals surface area contributed by atoms with Crippen LogP contribution in [0.15, 0.2) is 47.0 Å². The maximum atomic E-state index is 9.11. The van der Waals surface area contributed by atoms with Gasteiger partial charge in [-0.2, -0.15) is 0 Å². The summed E-state index contributed by atoms with van der Waals surface area (Å²) in [5.41, 5.74) is 10.5. The van der Waals surface area contributed by atoms with Crippen molar-refractivity contribution in [3.05, 3.63) is 53.1 Å². The summed E-state index contributed by atoms with van der Waals surface area (Å²) in [6, 6.07) is 6.23. The van der Waals surface area contributed by atoms with Crippen LogP contribution >= 0.6 is 12.2 Å². The molecule has 1 aliphatic carbocycles. The molecule has 0 saturated carbocycles. The van der Waals surface area contributed by atoms with E-state index in [1.165, 1.54) is 11.1 Å². The summed E-state index contributed by atoms with van der Waals surface area (Å²) >= 11 is 5.35. The SMILES string of the molecule is NC(=Nc1ccc2c(c1)CN(CCO)CC2)C1=CC=CCC1=S. The molecule has 4 nitrogen and oxygen atoms in total. The molecular formula is C18H21N3OS. The summed E-state index contributed by atoms with van der Waals surface area (Å²) in [4.78, 5) is 7.64. The second-order valence-electron chi connectivity index (χ2n) is 5.84. The van der Waals surface area contributed by atoms with Crippen LogP contribution in [0.5, 0.6) is 0 Å². The van der Waals surface area contributed by atoms with Gasteiger partial charge in [-0.05, 0) is 29.7 Å². The normalized spacial score (nSPS) is 18.7. The van der Waals surface area contributed by atoms with Gasteiger partial charge >= 0.3 is 0 Å². The van der Waals surface area contributed by atoms with Crippen LogP contribution in [0.2, 0.25) is 0 Å². The zero-order valence-corrected chi connectivity index (χ0v) is 13.9. The van der Waals surface area contributed by atoms with Crippen LogP contribution < -0.4 is 5.73 Å². The number of hydrogen-bond donors (Lipinski definition) is 2. The van der Waals surface area contributed by atoms with Crippen molar-refractivity contribution in [2.75, 3.05) is 19.7 Å². The molecule has 2 aliphatic rings. The minimum Gasteiger partial charge on any atom is -0.395 e. The average molecular weight is 327 g/mol. The number of hydrogen-bond acceptors (Lipinski definition) is 4. The molecule has 0 spiro atoms. The molecule has 1 aromatic carbocycles. The molecule has 23 heavy (non-hydrogen) atoms. The van der Waals surface area contributed by atoms with E-state index in [0.29, 0.717) is 12.4 Å². The molecule has 120 valence electrons. The van der Waals surface area contributed by atoms with Crippen LogP contribution in [0, 0.1) is 0 Å². The van der Waals surface area contributed by atoms with Crippen LogP contribution in [0.25, 0.3) is 0 Å². The Balaban J connectivity index is 1.83. The smallest absolute Gasteiger partial charge is 0.132 e. The fraction of sp³-hybridized carbons (Fsp3) is 0.333. The van der Waals surface area contributed by atoms with Gasteiger partial charge in [0.2, 0.25) is 0 Å². The molecule has 1 aliphatic heterocycles. The molecule has 0 amide bonds. The molecule has 0 unspecified atom stereocenters. The average Bonchev–Trinajstić information content (AvgIpc) is 2.55. The Labute approximate surface area is 142 Å². The summed E-state index contributed by atoms with van der Waals surface area (Å²) < 4.78 is 0. The Morgan fingerprint density at radius 3 is 3.00 bits per heavy atom. The number of fused-ring (bicyclic) bond motifs is 1. The van der Waals surface area contributed by atoms with Gasteiger partial charge in [-0.3, -0.25) is 4.90 Å². The molecule has 3 rings (SSSR count). The molecule has 0 saturated heterocycles. The summed E-state index contributed by atoms with van der Waals surface area (Å²) in [5.74, 6) is 0.474. The van der Waals surface area contributed by atoms with E-state index in [1.54, 1.807) is 0 Å². The van der Waals surface area contributed by atoms with E-state index in [1.807, 2.05) is 24.3 Å². The zero-order valence-electron chi connectivity index (χ0n) is 13.0. The fourth-order valence-corrected chi connectivity index (χ4v) is 3.24.